The van der Waals surface area contributed by atoms with E-state index in [1.54, 1.807) is 6.20 Å². The summed E-state index contributed by atoms with van der Waals surface area (Å²) in [6.45, 7) is 5.27. The molecular weight excluding hydrogens is 228 g/mol. The minimum Gasteiger partial charge on any atom is -0.370 e. The normalized spacial score (nSPS) is 12.2. The SMILES string of the molecule is CC(C)[C@H](N)C(=O)NCCCNc1ccccn1. The zero-order valence-electron chi connectivity index (χ0n) is 11.0. The van der Waals surface area contributed by atoms with Crippen molar-refractivity contribution in [1.82, 2.24) is 10.3 Å². The zero-order valence-corrected chi connectivity index (χ0v) is 11.0. The van der Waals surface area contributed by atoms with Gasteiger partial charge in [0.25, 0.3) is 0 Å². The van der Waals surface area contributed by atoms with Gasteiger partial charge in [-0.1, -0.05) is 19.9 Å². The van der Waals surface area contributed by atoms with E-state index in [0.717, 1.165) is 18.8 Å². The van der Waals surface area contributed by atoms with Crippen LogP contribution in [0.5, 0.6) is 0 Å². The number of rotatable bonds is 7. The van der Waals surface area contributed by atoms with Crippen molar-refractivity contribution in [2.75, 3.05) is 18.4 Å². The van der Waals surface area contributed by atoms with Crippen LogP contribution in [0.15, 0.2) is 24.4 Å². The van der Waals surface area contributed by atoms with Crippen molar-refractivity contribution < 1.29 is 4.79 Å². The van der Waals surface area contributed by atoms with Crippen LogP contribution in [0.2, 0.25) is 0 Å². The van der Waals surface area contributed by atoms with Crippen molar-refractivity contribution in [3.8, 4) is 0 Å². The lowest BCUT2D eigenvalue weighted by atomic mass is 10.1. The molecule has 5 heteroatoms. The molecule has 0 radical (unpaired) electrons. The topological polar surface area (TPSA) is 80.0 Å². The number of carbonyl (C=O) groups excluding carboxylic acids is 1. The molecule has 0 bridgehead atoms. The predicted molar refractivity (Wildman–Crippen MR) is 73.2 cm³/mol. The molecule has 100 valence electrons. The smallest absolute Gasteiger partial charge is 0.237 e. The van der Waals surface area contributed by atoms with Gasteiger partial charge in [-0.2, -0.15) is 0 Å². The molecule has 0 saturated carbocycles. The Morgan fingerprint density at radius 1 is 1.39 bits per heavy atom. The Balaban J connectivity index is 2.11. The lowest BCUT2D eigenvalue weighted by molar-refractivity contribution is -0.123. The Morgan fingerprint density at radius 2 is 2.17 bits per heavy atom. The highest BCUT2D eigenvalue weighted by molar-refractivity contribution is 5.81. The Morgan fingerprint density at radius 3 is 2.78 bits per heavy atom. The highest BCUT2D eigenvalue weighted by Gasteiger charge is 2.15. The number of hydrogen-bond acceptors (Lipinski definition) is 4. The summed E-state index contributed by atoms with van der Waals surface area (Å²) in [5.74, 6) is 0.933. The van der Waals surface area contributed by atoms with Crippen molar-refractivity contribution >= 4 is 11.7 Å². The second-order valence-corrected chi connectivity index (χ2v) is 4.56. The molecule has 0 aromatic carbocycles. The molecule has 0 unspecified atom stereocenters. The fourth-order valence-electron chi connectivity index (χ4n) is 1.40. The van der Waals surface area contributed by atoms with E-state index in [9.17, 15) is 4.79 Å². The molecule has 1 aromatic heterocycles. The van der Waals surface area contributed by atoms with Crippen LogP contribution in [0.3, 0.4) is 0 Å². The average Bonchev–Trinajstić information content (AvgIpc) is 2.38. The van der Waals surface area contributed by atoms with E-state index in [1.165, 1.54) is 0 Å². The van der Waals surface area contributed by atoms with E-state index >= 15 is 0 Å². The first-order valence-corrected chi connectivity index (χ1v) is 6.29. The Labute approximate surface area is 108 Å². The Bertz CT molecular complexity index is 353. The van der Waals surface area contributed by atoms with Gasteiger partial charge in [0.1, 0.15) is 5.82 Å². The number of carbonyl (C=O) groups is 1. The maximum atomic E-state index is 11.5. The number of pyridine rings is 1. The van der Waals surface area contributed by atoms with Gasteiger partial charge in [-0.3, -0.25) is 4.79 Å². The largest absolute Gasteiger partial charge is 0.370 e. The molecule has 1 heterocycles. The first-order valence-electron chi connectivity index (χ1n) is 6.29. The number of nitrogens with zero attached hydrogens (tertiary/aromatic N) is 1. The van der Waals surface area contributed by atoms with E-state index in [4.69, 9.17) is 5.73 Å². The molecule has 0 aliphatic carbocycles. The lowest BCUT2D eigenvalue weighted by Gasteiger charge is -2.15. The minimum absolute atomic E-state index is 0.0807. The van der Waals surface area contributed by atoms with Crippen LogP contribution in [0, 0.1) is 5.92 Å². The quantitative estimate of drug-likeness (QED) is 0.630. The molecule has 0 aliphatic rings. The third-order valence-electron chi connectivity index (χ3n) is 2.64. The molecule has 1 aromatic rings. The number of nitrogens with two attached hydrogens (primary N) is 1. The monoisotopic (exact) mass is 250 g/mol. The summed E-state index contributed by atoms with van der Waals surface area (Å²) in [4.78, 5) is 15.7. The molecule has 0 fully saturated rings. The highest BCUT2D eigenvalue weighted by Crippen LogP contribution is 1.99. The van der Waals surface area contributed by atoms with Gasteiger partial charge in [-0.25, -0.2) is 4.98 Å². The van der Waals surface area contributed by atoms with Crippen LogP contribution >= 0.6 is 0 Å². The van der Waals surface area contributed by atoms with Gasteiger partial charge in [-0.05, 0) is 24.5 Å². The maximum absolute atomic E-state index is 11.5. The number of hydrogen-bond donors (Lipinski definition) is 3. The molecule has 4 N–H and O–H groups in total. The van der Waals surface area contributed by atoms with Crippen molar-refractivity contribution in [2.24, 2.45) is 11.7 Å². The van der Waals surface area contributed by atoms with Gasteiger partial charge in [0, 0.05) is 19.3 Å². The molecule has 1 atom stereocenters. The maximum Gasteiger partial charge on any atom is 0.237 e. The van der Waals surface area contributed by atoms with E-state index in [1.807, 2.05) is 32.0 Å². The molecule has 0 spiro atoms. The number of anilines is 1. The van der Waals surface area contributed by atoms with Crippen LogP contribution in [-0.4, -0.2) is 30.0 Å². The Kier molecular flexibility index (Phi) is 6.14. The van der Waals surface area contributed by atoms with Crippen molar-refractivity contribution in [3.05, 3.63) is 24.4 Å². The minimum atomic E-state index is -0.422. The van der Waals surface area contributed by atoms with E-state index < -0.39 is 6.04 Å². The molecule has 0 saturated heterocycles. The summed E-state index contributed by atoms with van der Waals surface area (Å²) >= 11 is 0. The van der Waals surface area contributed by atoms with Crippen LogP contribution < -0.4 is 16.4 Å². The fourth-order valence-corrected chi connectivity index (χ4v) is 1.40. The highest BCUT2D eigenvalue weighted by atomic mass is 16.2. The average molecular weight is 250 g/mol. The molecule has 1 amide bonds. The van der Waals surface area contributed by atoms with Gasteiger partial charge in [0.15, 0.2) is 0 Å². The van der Waals surface area contributed by atoms with Crippen molar-refractivity contribution in [1.29, 1.82) is 0 Å². The van der Waals surface area contributed by atoms with E-state index in [2.05, 4.69) is 15.6 Å². The summed E-state index contributed by atoms with van der Waals surface area (Å²) in [5.41, 5.74) is 5.73. The summed E-state index contributed by atoms with van der Waals surface area (Å²) in [6.07, 6.45) is 2.58. The number of amides is 1. The third-order valence-corrected chi connectivity index (χ3v) is 2.64. The number of nitrogens with one attached hydrogen (secondary N) is 2. The van der Waals surface area contributed by atoms with Gasteiger partial charge >= 0.3 is 0 Å². The van der Waals surface area contributed by atoms with Crippen LogP contribution in [0.1, 0.15) is 20.3 Å². The second kappa shape index (κ2) is 7.66. The van der Waals surface area contributed by atoms with Crippen LogP contribution in [-0.2, 0) is 4.79 Å². The second-order valence-electron chi connectivity index (χ2n) is 4.56. The third kappa shape index (κ3) is 5.14. The van der Waals surface area contributed by atoms with E-state index in [0.29, 0.717) is 6.54 Å². The molecule has 1 rings (SSSR count). The summed E-state index contributed by atoms with van der Waals surface area (Å²) in [7, 11) is 0. The van der Waals surface area contributed by atoms with Crippen LogP contribution in [0.4, 0.5) is 5.82 Å². The van der Waals surface area contributed by atoms with Crippen molar-refractivity contribution in [3.63, 3.8) is 0 Å². The summed E-state index contributed by atoms with van der Waals surface area (Å²) in [5, 5.41) is 6.00. The van der Waals surface area contributed by atoms with Gasteiger partial charge in [0.2, 0.25) is 5.91 Å². The summed E-state index contributed by atoms with van der Waals surface area (Å²) < 4.78 is 0. The lowest BCUT2D eigenvalue weighted by Crippen LogP contribution is -2.44. The number of aromatic nitrogens is 1. The molecule has 18 heavy (non-hydrogen) atoms. The van der Waals surface area contributed by atoms with E-state index in [-0.39, 0.29) is 11.8 Å². The Hall–Kier alpha value is -1.62. The summed E-state index contributed by atoms with van der Waals surface area (Å²) in [6, 6.07) is 5.29. The standard InChI is InChI=1S/C13H22N4O/c1-10(2)12(14)13(18)17-9-5-8-16-11-6-3-4-7-15-11/h3-4,6-7,10,12H,5,8-9,14H2,1-2H3,(H,15,16)(H,17,18)/t12-/m0/s1. The first-order chi connectivity index (χ1) is 8.61. The fraction of sp³-hybridized carbons (Fsp3) is 0.538. The van der Waals surface area contributed by atoms with Gasteiger partial charge < -0.3 is 16.4 Å². The molecule has 5 nitrogen and oxygen atoms in total. The van der Waals surface area contributed by atoms with Crippen molar-refractivity contribution in [2.45, 2.75) is 26.3 Å². The van der Waals surface area contributed by atoms with Gasteiger partial charge in [0.05, 0.1) is 6.04 Å². The van der Waals surface area contributed by atoms with Gasteiger partial charge in [-0.15, -0.1) is 0 Å². The predicted octanol–water partition coefficient (Wildman–Crippen LogP) is 0.983. The molecule has 0 aliphatic heterocycles. The molecular formula is C13H22N4O. The zero-order chi connectivity index (χ0) is 13.4. The first kappa shape index (κ1) is 14.4. The van der Waals surface area contributed by atoms with Crippen LogP contribution in [0.25, 0.3) is 0 Å².